The van der Waals surface area contributed by atoms with Gasteiger partial charge in [0.25, 0.3) is 0 Å². The first-order chi connectivity index (χ1) is 6.77. The molecule has 0 saturated carbocycles. The molecule has 1 nitrogen and oxygen atoms in total. The summed E-state index contributed by atoms with van der Waals surface area (Å²) in [6.45, 7) is 1.92. The van der Waals surface area contributed by atoms with Crippen LogP contribution in [-0.4, -0.2) is 13.1 Å². The van der Waals surface area contributed by atoms with Crippen LogP contribution in [0.3, 0.4) is 0 Å². The van der Waals surface area contributed by atoms with Gasteiger partial charge < -0.3 is 5.32 Å². The Kier molecular flexibility index (Phi) is 3.04. The van der Waals surface area contributed by atoms with Gasteiger partial charge in [0.15, 0.2) is 0 Å². The molecule has 1 aromatic carbocycles. The fraction of sp³-hybridized carbons (Fsp3) is 0.455. The lowest BCUT2D eigenvalue weighted by atomic mass is 9.91. The van der Waals surface area contributed by atoms with Crippen LogP contribution in [0.25, 0.3) is 0 Å². The highest BCUT2D eigenvalue weighted by Gasteiger charge is 2.18. The van der Waals surface area contributed by atoms with E-state index in [2.05, 4.69) is 5.32 Å². The van der Waals surface area contributed by atoms with Gasteiger partial charge in [-0.1, -0.05) is 17.7 Å². The zero-order valence-corrected chi connectivity index (χ0v) is 8.65. The minimum atomic E-state index is -0.175. The molecular formula is C11H13ClFN. The largest absolute Gasteiger partial charge is 0.316 e. The van der Waals surface area contributed by atoms with Crippen molar-refractivity contribution in [1.82, 2.24) is 5.32 Å². The molecular weight excluding hydrogens is 201 g/mol. The summed E-state index contributed by atoms with van der Waals surface area (Å²) in [5.41, 5.74) is 0.793. The molecule has 1 N–H and O–H groups in total. The van der Waals surface area contributed by atoms with Crippen LogP contribution in [0.5, 0.6) is 0 Å². The number of hydrogen-bond donors (Lipinski definition) is 1. The molecule has 0 aliphatic carbocycles. The first kappa shape index (κ1) is 9.94. The van der Waals surface area contributed by atoms with E-state index in [0.29, 0.717) is 10.9 Å². The second-order valence-corrected chi connectivity index (χ2v) is 4.15. The molecule has 0 radical (unpaired) electrons. The van der Waals surface area contributed by atoms with Crippen LogP contribution in [0.15, 0.2) is 18.2 Å². The van der Waals surface area contributed by atoms with Gasteiger partial charge in [0.05, 0.1) is 0 Å². The first-order valence-electron chi connectivity index (χ1n) is 4.93. The predicted octanol–water partition coefficient (Wildman–Crippen LogP) is 2.95. The molecule has 14 heavy (non-hydrogen) atoms. The zero-order chi connectivity index (χ0) is 9.97. The van der Waals surface area contributed by atoms with Gasteiger partial charge in [-0.15, -0.1) is 0 Å². The van der Waals surface area contributed by atoms with Crippen LogP contribution in [0.4, 0.5) is 4.39 Å². The number of nitrogens with one attached hydrogen (secondary N) is 1. The van der Waals surface area contributed by atoms with E-state index in [1.165, 1.54) is 6.07 Å². The Morgan fingerprint density at radius 2 is 2.29 bits per heavy atom. The van der Waals surface area contributed by atoms with Gasteiger partial charge in [-0.05, 0) is 43.0 Å². The Hall–Kier alpha value is -0.600. The van der Waals surface area contributed by atoms with Gasteiger partial charge >= 0.3 is 0 Å². The molecule has 0 unspecified atom stereocenters. The number of halogens is 2. The lowest BCUT2D eigenvalue weighted by molar-refractivity contribution is 0.446. The fourth-order valence-electron chi connectivity index (χ4n) is 1.95. The molecule has 1 fully saturated rings. The molecule has 76 valence electrons. The van der Waals surface area contributed by atoms with E-state index in [1.54, 1.807) is 12.1 Å². The van der Waals surface area contributed by atoms with Gasteiger partial charge in [0.2, 0.25) is 0 Å². The third kappa shape index (κ3) is 2.07. The van der Waals surface area contributed by atoms with Gasteiger partial charge in [0, 0.05) is 11.6 Å². The van der Waals surface area contributed by atoms with E-state index in [0.717, 1.165) is 31.5 Å². The van der Waals surface area contributed by atoms with Crippen molar-refractivity contribution in [3.63, 3.8) is 0 Å². The summed E-state index contributed by atoms with van der Waals surface area (Å²) >= 11 is 5.70. The Bertz CT molecular complexity index is 321. The van der Waals surface area contributed by atoms with Crippen molar-refractivity contribution >= 4 is 11.6 Å². The van der Waals surface area contributed by atoms with Crippen molar-refractivity contribution in [2.24, 2.45) is 0 Å². The van der Waals surface area contributed by atoms with Gasteiger partial charge in [-0.25, -0.2) is 4.39 Å². The van der Waals surface area contributed by atoms with E-state index in [4.69, 9.17) is 11.6 Å². The van der Waals surface area contributed by atoms with Crippen molar-refractivity contribution in [3.05, 3.63) is 34.6 Å². The van der Waals surface area contributed by atoms with Crippen LogP contribution in [-0.2, 0) is 0 Å². The van der Waals surface area contributed by atoms with Crippen LogP contribution < -0.4 is 5.32 Å². The number of rotatable bonds is 1. The maximum atomic E-state index is 13.5. The number of piperidine rings is 1. The van der Waals surface area contributed by atoms with Crippen LogP contribution >= 0.6 is 11.6 Å². The lowest BCUT2D eigenvalue weighted by Gasteiger charge is -2.23. The molecule has 1 aromatic rings. The minimum Gasteiger partial charge on any atom is -0.316 e. The van der Waals surface area contributed by atoms with E-state index in [-0.39, 0.29) is 5.82 Å². The van der Waals surface area contributed by atoms with Crippen molar-refractivity contribution in [3.8, 4) is 0 Å². The molecule has 3 heteroatoms. The molecule has 1 saturated heterocycles. The number of hydrogen-bond acceptors (Lipinski definition) is 1. The van der Waals surface area contributed by atoms with E-state index in [1.807, 2.05) is 0 Å². The maximum absolute atomic E-state index is 13.5. The summed E-state index contributed by atoms with van der Waals surface area (Å²) < 4.78 is 13.5. The molecule has 1 heterocycles. The standard InChI is InChI=1S/C11H13ClFN/c12-9-3-4-10(11(13)6-9)8-2-1-5-14-7-8/h3-4,6,8,14H,1-2,5,7H2/t8-/m0/s1. The maximum Gasteiger partial charge on any atom is 0.128 e. The van der Waals surface area contributed by atoms with Crippen molar-refractivity contribution < 1.29 is 4.39 Å². The van der Waals surface area contributed by atoms with E-state index >= 15 is 0 Å². The van der Waals surface area contributed by atoms with Gasteiger partial charge in [-0.3, -0.25) is 0 Å². The third-order valence-electron chi connectivity index (χ3n) is 2.70. The molecule has 0 spiro atoms. The monoisotopic (exact) mass is 213 g/mol. The van der Waals surface area contributed by atoms with E-state index < -0.39 is 0 Å². The summed E-state index contributed by atoms with van der Waals surface area (Å²) in [5.74, 6) is 0.132. The zero-order valence-electron chi connectivity index (χ0n) is 7.89. The van der Waals surface area contributed by atoms with E-state index in [9.17, 15) is 4.39 Å². The SMILES string of the molecule is Fc1cc(Cl)ccc1[C@H]1CCCNC1. The highest BCUT2D eigenvalue weighted by atomic mass is 35.5. The Morgan fingerprint density at radius 3 is 2.93 bits per heavy atom. The summed E-state index contributed by atoms with van der Waals surface area (Å²) in [6, 6.07) is 4.95. The summed E-state index contributed by atoms with van der Waals surface area (Å²) in [5, 5.41) is 3.74. The average molecular weight is 214 g/mol. The summed E-state index contributed by atoms with van der Waals surface area (Å²) in [4.78, 5) is 0. The second kappa shape index (κ2) is 4.28. The molecule has 0 amide bonds. The normalized spacial score (nSPS) is 22.3. The van der Waals surface area contributed by atoms with Crippen LogP contribution in [0.2, 0.25) is 5.02 Å². The molecule has 0 bridgehead atoms. The fourth-order valence-corrected chi connectivity index (χ4v) is 2.11. The van der Waals surface area contributed by atoms with Crippen LogP contribution in [0.1, 0.15) is 24.3 Å². The molecule has 0 aromatic heterocycles. The quantitative estimate of drug-likeness (QED) is 0.757. The summed E-state index contributed by atoms with van der Waals surface area (Å²) in [7, 11) is 0. The lowest BCUT2D eigenvalue weighted by Crippen LogP contribution is -2.28. The highest BCUT2D eigenvalue weighted by molar-refractivity contribution is 6.30. The highest BCUT2D eigenvalue weighted by Crippen LogP contribution is 2.27. The molecule has 1 aliphatic rings. The molecule has 2 rings (SSSR count). The molecule has 1 atom stereocenters. The smallest absolute Gasteiger partial charge is 0.128 e. The Balaban J connectivity index is 2.22. The minimum absolute atomic E-state index is 0.175. The van der Waals surface area contributed by atoms with Gasteiger partial charge in [0.1, 0.15) is 5.82 Å². The average Bonchev–Trinajstić information content (AvgIpc) is 2.19. The first-order valence-corrected chi connectivity index (χ1v) is 5.31. The topological polar surface area (TPSA) is 12.0 Å². The van der Waals surface area contributed by atoms with Crippen molar-refractivity contribution in [2.75, 3.05) is 13.1 Å². The molecule has 1 aliphatic heterocycles. The predicted molar refractivity (Wildman–Crippen MR) is 56.3 cm³/mol. The van der Waals surface area contributed by atoms with Crippen LogP contribution in [0, 0.1) is 5.82 Å². The van der Waals surface area contributed by atoms with Crippen molar-refractivity contribution in [2.45, 2.75) is 18.8 Å². The third-order valence-corrected chi connectivity index (χ3v) is 2.93. The number of benzene rings is 1. The Morgan fingerprint density at radius 1 is 1.43 bits per heavy atom. The summed E-state index contributed by atoms with van der Waals surface area (Å²) in [6.07, 6.45) is 2.18. The van der Waals surface area contributed by atoms with Crippen molar-refractivity contribution in [1.29, 1.82) is 0 Å². The Labute approximate surface area is 88.3 Å². The second-order valence-electron chi connectivity index (χ2n) is 3.71. The van der Waals surface area contributed by atoms with Gasteiger partial charge in [-0.2, -0.15) is 0 Å².